The van der Waals surface area contributed by atoms with Gasteiger partial charge in [-0.2, -0.15) is 0 Å². The third kappa shape index (κ3) is 17.4. The smallest absolute Gasteiger partial charge is 0.393 e. The maximum atomic E-state index is 13.4. The molecule has 144 heavy (non-hydrogen) atoms. The Morgan fingerprint density at radius 1 is 0.208 bits per heavy atom. The number of esters is 16. The van der Waals surface area contributed by atoms with E-state index in [9.17, 15) is 76.7 Å². The summed E-state index contributed by atoms with van der Waals surface area (Å²) in [6.07, 6.45) is 2.23. The van der Waals surface area contributed by atoms with Crippen LogP contribution in [0.3, 0.4) is 0 Å². The second-order valence-corrected chi connectivity index (χ2v) is 69.0. The second-order valence-electron chi connectivity index (χ2n) is 38.5. The molecule has 14 unspecified atom stereocenters. The highest BCUT2D eigenvalue weighted by atomic mass is 28.6. The van der Waals surface area contributed by atoms with Crippen LogP contribution in [-0.4, -0.2) is 183 Å². The van der Waals surface area contributed by atoms with Crippen LogP contribution in [0.1, 0.15) is 77.0 Å². The monoisotopic (exact) mass is 2130 g/mol. The van der Waals surface area contributed by atoms with Crippen LogP contribution in [0, 0.1) is 94.7 Å². The van der Waals surface area contributed by atoms with Gasteiger partial charge in [0.25, 0.3) is 0 Å². The lowest BCUT2D eigenvalue weighted by Gasteiger charge is -2.61. The number of ether oxygens (including phenoxy) is 8. The van der Waals surface area contributed by atoms with Gasteiger partial charge in [0.1, 0.15) is 0 Å². The van der Waals surface area contributed by atoms with Crippen LogP contribution in [0.25, 0.3) is 0 Å². The van der Waals surface area contributed by atoms with E-state index in [2.05, 4.69) is 18.9 Å². The minimum atomic E-state index is -5.37. The maximum absolute atomic E-state index is 13.4. The van der Waals surface area contributed by atoms with Crippen molar-refractivity contribution < 1.29 is 172 Å². The maximum Gasteiger partial charge on any atom is 0.515 e. The lowest BCUT2D eigenvalue weighted by Crippen LogP contribution is -2.93. The van der Waals surface area contributed by atoms with Crippen LogP contribution in [0.4, 0.5) is 0 Å². The molecule has 18 fully saturated rings. The zero-order chi connectivity index (χ0) is 99.8. The summed E-state index contributed by atoms with van der Waals surface area (Å²) in [7, 11) is -51.1. The Morgan fingerprint density at radius 2 is 0.396 bits per heavy atom. The number of fused-ring (bicyclic) bond motifs is 21. The fourth-order valence-corrected chi connectivity index (χ4v) is 80.0. The standard InChI is InChI=1S/C64H64O20Si10.C12H10O6.2C10H8O6/c1-85(47-27-29-51-49-61(65)69-63(51)67)71-87(53-31-11-3-12-32-53)75-91(57-39-19-7-20-40-57)79-89(55-35-15-5-16-36-55)73-86(2,48-28-30-52-50-62(66)70-64(52)68)74-90(56-37-17-6-18-38-56)81-93(83-91,59-43-23-9-24-44-59)77-88(72-85,54-33-13-4-14-34-54)78-94(82-90,60-45-25-10-26-46-60)84-92(76-87,80-89)58-41-21-8-22-42-58;13-9-3-1-4(10(14)17-9)8-6-2-5(7(3)8)11(15)18-12(6)16;11-6-2-3-4-1-5(7(3)10(14)15-6)9(13)16-8(4)12;11-6-2-3-4(8(12)15-6)1-5-7(3)10(14)16-9(5)13/h3-26,31-46,51-52H,27-30,47-50H2,1-2H3;3-8H,1-2H2;2*3-5,7H,1-2H2. The highest BCUT2D eigenvalue weighted by Gasteiger charge is 2.84. The van der Waals surface area contributed by atoms with Gasteiger partial charge >= 0.3 is 183 Å². The van der Waals surface area contributed by atoms with E-state index in [1.807, 2.05) is 256 Å². The largest absolute Gasteiger partial charge is 0.515 e. The molecule has 14 bridgehead atoms. The molecular weight excluding hydrogens is 2040 g/mol. The van der Waals surface area contributed by atoms with Gasteiger partial charge in [0, 0.05) is 41.5 Å². The zero-order valence-electron chi connectivity index (χ0n) is 76.7. The van der Waals surface area contributed by atoms with Gasteiger partial charge in [0.15, 0.2) is 0 Å². The molecular formula is C96H90O38Si10. The van der Waals surface area contributed by atoms with E-state index in [0.29, 0.717) is 60.8 Å². The van der Waals surface area contributed by atoms with E-state index < -0.39 is 266 Å². The molecule has 14 atom stereocenters. The first-order valence-corrected chi connectivity index (χ1v) is 66.3. The molecule has 0 N–H and O–H groups in total. The number of benzene rings is 8. The summed E-state index contributed by atoms with van der Waals surface area (Å²) in [4.78, 5) is 190. The first kappa shape index (κ1) is 97.2. The molecule has 4 saturated carbocycles. The van der Waals surface area contributed by atoms with Crippen molar-refractivity contribution in [1.29, 1.82) is 0 Å². The number of hydrogen-bond donors (Lipinski definition) is 0. The molecule has 0 aromatic heterocycles. The molecule has 48 heteroatoms. The first-order chi connectivity index (χ1) is 69.2. The minimum Gasteiger partial charge on any atom is -0.393 e. The fourth-order valence-electron chi connectivity index (χ4n) is 23.2. The highest BCUT2D eigenvalue weighted by molar-refractivity contribution is 7.13. The van der Waals surface area contributed by atoms with Crippen LogP contribution >= 0.6 is 0 Å². The summed E-state index contributed by atoms with van der Waals surface area (Å²) in [6.45, 7) is 3.83. The fraction of sp³-hybridized carbons (Fsp3) is 0.333. The molecule has 742 valence electrons. The summed E-state index contributed by atoms with van der Waals surface area (Å²) >= 11 is 0. The third-order valence-electron chi connectivity index (χ3n) is 29.6. The average Bonchev–Trinajstić information content (AvgIpc) is 1.02. The van der Waals surface area contributed by atoms with Gasteiger partial charge in [0.05, 0.1) is 96.7 Å². The summed E-state index contributed by atoms with van der Waals surface area (Å²) in [5, 5.41) is 3.36. The molecule has 0 spiro atoms. The van der Waals surface area contributed by atoms with Crippen molar-refractivity contribution in [2.45, 2.75) is 102 Å². The normalized spacial score (nSPS) is 37.9. The van der Waals surface area contributed by atoms with Crippen molar-refractivity contribution in [2.24, 2.45) is 94.7 Å². The van der Waals surface area contributed by atoms with Crippen molar-refractivity contribution in [3.63, 3.8) is 0 Å². The summed E-state index contributed by atoms with van der Waals surface area (Å²) in [5.74, 6) is -17.6. The van der Waals surface area contributed by atoms with Gasteiger partial charge in [-0.05, 0) is 87.4 Å². The molecule has 0 radical (unpaired) electrons. The van der Waals surface area contributed by atoms with E-state index in [4.69, 9.17) is 76.6 Å². The molecule has 8 aromatic carbocycles. The predicted octanol–water partition coefficient (Wildman–Crippen LogP) is 3.42. The zero-order valence-corrected chi connectivity index (χ0v) is 86.7. The van der Waals surface area contributed by atoms with Gasteiger partial charge < -0.3 is 95.5 Å². The van der Waals surface area contributed by atoms with E-state index in [-0.39, 0.29) is 81.7 Å². The highest BCUT2D eigenvalue weighted by Crippen LogP contribution is 2.61. The number of cyclic esters (lactones) is 16. The minimum absolute atomic E-state index is 0.0138. The Labute approximate surface area is 831 Å². The van der Waals surface area contributed by atoms with E-state index in [1.165, 1.54) is 0 Å². The van der Waals surface area contributed by atoms with Crippen molar-refractivity contribution in [2.75, 3.05) is 0 Å². The van der Waals surface area contributed by atoms with Crippen molar-refractivity contribution in [1.82, 2.24) is 0 Å². The Bertz CT molecular complexity index is 5960. The van der Waals surface area contributed by atoms with Gasteiger partial charge in [-0.15, -0.1) is 0 Å². The summed E-state index contributed by atoms with van der Waals surface area (Å²) < 4.78 is 157. The molecule has 18 aliphatic rings. The van der Waals surface area contributed by atoms with Crippen LogP contribution in [0.15, 0.2) is 243 Å². The Hall–Kier alpha value is -11.5. The van der Waals surface area contributed by atoms with Gasteiger partial charge in [-0.1, -0.05) is 255 Å². The Balaban J connectivity index is 0.000000187. The van der Waals surface area contributed by atoms with Gasteiger partial charge in [-0.3, -0.25) is 76.7 Å². The molecule has 38 nitrogen and oxygen atoms in total. The van der Waals surface area contributed by atoms with Gasteiger partial charge in [-0.25, -0.2) is 0 Å². The molecule has 0 amide bonds. The number of carbonyl (C=O) groups excluding carboxylic acids is 16. The van der Waals surface area contributed by atoms with E-state index >= 15 is 0 Å². The molecule has 14 saturated heterocycles. The van der Waals surface area contributed by atoms with Crippen molar-refractivity contribution >= 4 is 225 Å². The Kier molecular flexibility index (Phi) is 25.3. The lowest BCUT2D eigenvalue weighted by molar-refractivity contribution is -0.176. The first-order valence-electron chi connectivity index (χ1n) is 47.5. The third-order valence-corrected chi connectivity index (χ3v) is 73.1. The topological polar surface area (TPSA) is 476 Å². The van der Waals surface area contributed by atoms with Crippen LogP contribution in [-0.2, 0) is 172 Å². The van der Waals surface area contributed by atoms with Crippen LogP contribution in [0.5, 0.6) is 0 Å². The summed E-state index contributed by atoms with van der Waals surface area (Å²) in [6, 6.07) is 75.2. The molecule has 14 aliphatic heterocycles. The quantitative estimate of drug-likeness (QED) is 0.0439. The average molecular weight is 2130 g/mol. The van der Waals surface area contributed by atoms with Crippen molar-refractivity contribution in [3.8, 4) is 0 Å². The molecule has 8 aromatic rings. The predicted molar refractivity (Wildman–Crippen MR) is 503 cm³/mol. The SMILES string of the molecule is C[Si]1(CCCC2CC(=O)OC2=O)O[Si]2(c3ccccc3)O[Si]3(c4ccccc4)O[Si]4(c5ccccc5)O[Si](C)(CCCC5CC(=O)OC5=O)O[Si]5(c6ccccc6)O[Si](c6ccccc6)(O[Si](c6ccccc6)(O1)O[Si](c1ccccc1)(O5)O[Si](c1ccccc1)(O2)O4)O3.O=C1CC2C(CC3C(=O)OC(=O)C32)C(=O)O1.O=C1CC2C3CC(C(=O)OC3=O)C2C(=O)O1.O=C1OC(=O)C2CC1C1C3CC(C(=O)OC3=O)C21. The van der Waals surface area contributed by atoms with Crippen molar-refractivity contribution in [3.05, 3.63) is 243 Å². The molecule has 14 heterocycles. The molecule has 4 aliphatic carbocycles. The second kappa shape index (κ2) is 37.5. The van der Waals surface area contributed by atoms with E-state index in [1.54, 1.807) is 0 Å². The number of hydrogen-bond acceptors (Lipinski definition) is 38. The number of rotatable bonds is 16. The Morgan fingerprint density at radius 3 is 0.639 bits per heavy atom. The van der Waals surface area contributed by atoms with E-state index in [0.717, 1.165) is 0 Å². The lowest BCUT2D eigenvalue weighted by atomic mass is 9.83. The summed E-state index contributed by atoms with van der Waals surface area (Å²) in [5.41, 5.74) is 0. The van der Waals surface area contributed by atoms with Gasteiger partial charge in [0.2, 0.25) is 0 Å². The molecule has 26 rings (SSSR count). The van der Waals surface area contributed by atoms with Crippen LogP contribution in [0.2, 0.25) is 25.2 Å². The number of carbonyl (C=O) groups is 16. The van der Waals surface area contributed by atoms with Crippen LogP contribution < -0.4 is 41.5 Å².